The second-order valence-corrected chi connectivity index (χ2v) is 4.22. The van der Waals surface area contributed by atoms with E-state index in [-0.39, 0.29) is 6.04 Å². The van der Waals surface area contributed by atoms with E-state index in [0.29, 0.717) is 5.88 Å². The fourth-order valence-electron chi connectivity index (χ4n) is 1.59. The highest BCUT2D eigenvalue weighted by atomic mass is 35.5. The van der Waals surface area contributed by atoms with Gasteiger partial charge in [0.15, 0.2) is 0 Å². The highest BCUT2D eigenvalue weighted by Crippen LogP contribution is 2.21. The normalized spacial score (nSPS) is 12.7. The first kappa shape index (κ1) is 11.4. The van der Waals surface area contributed by atoms with E-state index in [1.54, 1.807) is 6.33 Å². The lowest BCUT2D eigenvalue weighted by Gasteiger charge is -2.14. The molecule has 1 aromatic carbocycles. The van der Waals surface area contributed by atoms with Gasteiger partial charge in [0.05, 0.1) is 11.9 Å². The third-order valence-corrected chi connectivity index (χ3v) is 3.03. The number of alkyl halides is 1. The summed E-state index contributed by atoms with van der Waals surface area (Å²) in [6.07, 6.45) is 1.69. The lowest BCUT2D eigenvalue weighted by molar-refractivity contribution is 0.614. The van der Waals surface area contributed by atoms with Crippen LogP contribution in [0.25, 0.3) is 0 Å². The summed E-state index contributed by atoms with van der Waals surface area (Å²) in [6.45, 7) is 2.07. The Morgan fingerprint density at radius 3 is 2.62 bits per heavy atom. The average molecular weight is 256 g/mol. The third kappa shape index (κ3) is 2.20. The van der Waals surface area contributed by atoms with Crippen molar-refractivity contribution in [2.75, 3.05) is 0 Å². The molecule has 84 valence electrons. The molecule has 0 saturated heterocycles. The predicted octanol–water partition coefficient (Wildman–Crippen LogP) is 3.28. The summed E-state index contributed by atoms with van der Waals surface area (Å²) >= 11 is 11.6. The summed E-state index contributed by atoms with van der Waals surface area (Å²) in [5.74, 6) is 1.13. The first-order chi connectivity index (χ1) is 7.72. The van der Waals surface area contributed by atoms with Crippen LogP contribution in [-0.4, -0.2) is 14.8 Å². The Hall–Kier alpha value is -1.06. The van der Waals surface area contributed by atoms with Gasteiger partial charge in [-0.2, -0.15) is 0 Å². The zero-order chi connectivity index (χ0) is 11.5. The molecule has 0 aliphatic heterocycles. The van der Waals surface area contributed by atoms with E-state index in [1.807, 2.05) is 28.8 Å². The maximum atomic E-state index is 5.85. The highest BCUT2D eigenvalue weighted by Gasteiger charge is 2.11. The van der Waals surface area contributed by atoms with Gasteiger partial charge in [0.2, 0.25) is 0 Å². The van der Waals surface area contributed by atoms with Crippen molar-refractivity contribution < 1.29 is 0 Å². The molecule has 0 N–H and O–H groups in total. The zero-order valence-corrected chi connectivity index (χ0v) is 10.3. The van der Waals surface area contributed by atoms with E-state index in [9.17, 15) is 0 Å². The summed E-state index contributed by atoms with van der Waals surface area (Å²) < 4.78 is 1.95. The Labute approximate surface area is 104 Å². The molecule has 0 spiro atoms. The van der Waals surface area contributed by atoms with Crippen LogP contribution >= 0.6 is 23.2 Å². The lowest BCUT2D eigenvalue weighted by atomic mass is 10.1. The van der Waals surface area contributed by atoms with Crippen LogP contribution in [0.5, 0.6) is 0 Å². The Balaban J connectivity index is 2.31. The van der Waals surface area contributed by atoms with Crippen LogP contribution < -0.4 is 0 Å². The van der Waals surface area contributed by atoms with Gasteiger partial charge in [0.25, 0.3) is 0 Å². The molecule has 3 nitrogen and oxygen atoms in total. The van der Waals surface area contributed by atoms with Crippen molar-refractivity contribution in [1.29, 1.82) is 0 Å². The number of benzene rings is 1. The second kappa shape index (κ2) is 4.85. The van der Waals surface area contributed by atoms with E-state index >= 15 is 0 Å². The van der Waals surface area contributed by atoms with Crippen LogP contribution in [0, 0.1) is 0 Å². The van der Waals surface area contributed by atoms with Crippen molar-refractivity contribution in [1.82, 2.24) is 14.8 Å². The molecule has 0 aliphatic rings. The highest BCUT2D eigenvalue weighted by molar-refractivity contribution is 6.30. The number of nitrogens with zero attached hydrogens (tertiary/aromatic N) is 3. The van der Waals surface area contributed by atoms with Crippen molar-refractivity contribution >= 4 is 23.2 Å². The van der Waals surface area contributed by atoms with E-state index in [0.717, 1.165) is 16.4 Å². The summed E-state index contributed by atoms with van der Waals surface area (Å²) in [4.78, 5) is 0. The average Bonchev–Trinajstić information content (AvgIpc) is 2.77. The van der Waals surface area contributed by atoms with Crippen LogP contribution in [0.15, 0.2) is 30.6 Å². The zero-order valence-electron chi connectivity index (χ0n) is 8.77. The molecule has 0 bridgehead atoms. The Morgan fingerprint density at radius 2 is 2.00 bits per heavy atom. The number of rotatable bonds is 3. The molecule has 1 aromatic heterocycles. The molecule has 0 fully saturated rings. The lowest BCUT2D eigenvalue weighted by Crippen LogP contribution is -2.08. The van der Waals surface area contributed by atoms with Gasteiger partial charge in [-0.1, -0.05) is 23.7 Å². The van der Waals surface area contributed by atoms with Crippen LogP contribution in [0.2, 0.25) is 5.02 Å². The van der Waals surface area contributed by atoms with E-state index in [2.05, 4.69) is 17.1 Å². The van der Waals surface area contributed by atoms with Gasteiger partial charge in [-0.3, -0.25) is 0 Å². The second-order valence-electron chi connectivity index (χ2n) is 3.52. The van der Waals surface area contributed by atoms with Gasteiger partial charge in [0, 0.05) is 5.02 Å². The third-order valence-electron chi connectivity index (χ3n) is 2.54. The van der Waals surface area contributed by atoms with Gasteiger partial charge < -0.3 is 4.57 Å². The summed E-state index contributed by atoms with van der Waals surface area (Å²) in [5.41, 5.74) is 1.15. The fourth-order valence-corrected chi connectivity index (χ4v) is 1.91. The van der Waals surface area contributed by atoms with Crippen molar-refractivity contribution in [3.63, 3.8) is 0 Å². The standard InChI is InChI=1S/C11H11Cl2N3/c1-8(9-2-4-10(13)5-3-9)16-7-14-15-11(16)6-12/h2-5,7-8H,6H2,1H3. The molecule has 1 atom stereocenters. The van der Waals surface area contributed by atoms with Crippen LogP contribution in [0.1, 0.15) is 24.4 Å². The Kier molecular flexibility index (Phi) is 3.46. The number of halogens is 2. The number of aromatic nitrogens is 3. The maximum Gasteiger partial charge on any atom is 0.148 e. The van der Waals surface area contributed by atoms with Crippen molar-refractivity contribution in [2.24, 2.45) is 0 Å². The molecule has 0 amide bonds. The smallest absolute Gasteiger partial charge is 0.148 e. The monoisotopic (exact) mass is 255 g/mol. The quantitative estimate of drug-likeness (QED) is 0.789. The molecular formula is C11H11Cl2N3. The minimum atomic E-state index is 0.154. The molecule has 1 heterocycles. The van der Waals surface area contributed by atoms with E-state index in [1.165, 1.54) is 0 Å². The van der Waals surface area contributed by atoms with Crippen LogP contribution in [0.3, 0.4) is 0 Å². The largest absolute Gasteiger partial charge is 0.309 e. The van der Waals surface area contributed by atoms with E-state index in [4.69, 9.17) is 23.2 Å². The molecule has 0 saturated carbocycles. The van der Waals surface area contributed by atoms with Gasteiger partial charge in [-0.15, -0.1) is 21.8 Å². The summed E-state index contributed by atoms with van der Waals surface area (Å²) in [5, 5.41) is 8.55. The Morgan fingerprint density at radius 1 is 1.31 bits per heavy atom. The topological polar surface area (TPSA) is 30.7 Å². The van der Waals surface area contributed by atoms with Crippen LogP contribution in [-0.2, 0) is 5.88 Å². The molecular weight excluding hydrogens is 245 g/mol. The molecule has 5 heteroatoms. The van der Waals surface area contributed by atoms with Gasteiger partial charge in [0.1, 0.15) is 12.2 Å². The van der Waals surface area contributed by atoms with Gasteiger partial charge >= 0.3 is 0 Å². The Bertz CT molecular complexity index is 464. The SMILES string of the molecule is CC(c1ccc(Cl)cc1)n1cnnc1CCl. The molecule has 0 radical (unpaired) electrons. The minimum Gasteiger partial charge on any atom is -0.309 e. The van der Waals surface area contributed by atoms with Crippen molar-refractivity contribution in [2.45, 2.75) is 18.8 Å². The molecule has 16 heavy (non-hydrogen) atoms. The van der Waals surface area contributed by atoms with Crippen LogP contribution in [0.4, 0.5) is 0 Å². The fraction of sp³-hybridized carbons (Fsp3) is 0.273. The number of hydrogen-bond acceptors (Lipinski definition) is 2. The first-order valence-electron chi connectivity index (χ1n) is 4.92. The number of hydrogen-bond donors (Lipinski definition) is 0. The van der Waals surface area contributed by atoms with Gasteiger partial charge in [-0.25, -0.2) is 0 Å². The van der Waals surface area contributed by atoms with Crippen molar-refractivity contribution in [3.05, 3.63) is 47.0 Å². The van der Waals surface area contributed by atoms with Crippen molar-refractivity contribution in [3.8, 4) is 0 Å². The summed E-state index contributed by atoms with van der Waals surface area (Å²) in [7, 11) is 0. The minimum absolute atomic E-state index is 0.154. The molecule has 0 aliphatic carbocycles. The van der Waals surface area contributed by atoms with E-state index < -0.39 is 0 Å². The van der Waals surface area contributed by atoms with Gasteiger partial charge in [-0.05, 0) is 24.6 Å². The summed E-state index contributed by atoms with van der Waals surface area (Å²) in [6, 6.07) is 7.88. The predicted molar refractivity (Wildman–Crippen MR) is 64.8 cm³/mol. The molecule has 2 rings (SSSR count). The molecule has 2 aromatic rings. The molecule has 1 unspecified atom stereocenters. The first-order valence-corrected chi connectivity index (χ1v) is 5.83. The maximum absolute atomic E-state index is 5.85.